The van der Waals surface area contributed by atoms with Crippen LogP contribution in [0.1, 0.15) is 5.56 Å². The Labute approximate surface area is 87.4 Å². The van der Waals surface area contributed by atoms with Crippen LogP contribution in [-0.2, 0) is 4.79 Å². The molecule has 0 bridgehead atoms. The Kier molecular flexibility index (Phi) is 2.21. The monoisotopic (exact) mass is 210 g/mol. The molecule has 0 aromatic heterocycles. The van der Waals surface area contributed by atoms with Crippen molar-refractivity contribution in [3.05, 3.63) is 28.8 Å². The molecule has 2 rings (SSSR count). The first-order valence-corrected chi connectivity index (χ1v) is 4.80. The predicted octanol–water partition coefficient (Wildman–Crippen LogP) is 1.32. The molecule has 1 aliphatic heterocycles. The number of aryl methyl sites for hydroxylation is 1. The van der Waals surface area contributed by atoms with E-state index in [9.17, 15) is 4.79 Å². The smallest absolute Gasteiger partial charge is 0.245 e. The van der Waals surface area contributed by atoms with E-state index in [1.807, 2.05) is 19.1 Å². The van der Waals surface area contributed by atoms with Crippen molar-refractivity contribution in [3.63, 3.8) is 0 Å². The second kappa shape index (κ2) is 3.26. The van der Waals surface area contributed by atoms with E-state index < -0.39 is 0 Å². The van der Waals surface area contributed by atoms with Crippen molar-refractivity contribution in [3.8, 4) is 0 Å². The number of rotatable bonds is 1. The van der Waals surface area contributed by atoms with Crippen molar-refractivity contribution in [1.82, 2.24) is 0 Å². The lowest BCUT2D eigenvalue weighted by Crippen LogP contribution is -2.61. The average Bonchev–Trinajstić information content (AvgIpc) is 2.18. The van der Waals surface area contributed by atoms with Gasteiger partial charge >= 0.3 is 0 Å². The maximum atomic E-state index is 11.3. The SMILES string of the molecule is Cc1ccc(N2CC(N)C2=O)cc1Cl. The molecule has 1 saturated heterocycles. The van der Waals surface area contributed by atoms with Crippen LogP contribution in [0.5, 0.6) is 0 Å². The molecule has 1 aliphatic rings. The normalized spacial score (nSPS) is 20.9. The summed E-state index contributed by atoms with van der Waals surface area (Å²) in [5, 5.41) is 0.677. The fraction of sp³-hybridized carbons (Fsp3) is 0.300. The molecule has 0 aliphatic carbocycles. The predicted molar refractivity (Wildman–Crippen MR) is 56.5 cm³/mol. The van der Waals surface area contributed by atoms with Crippen LogP contribution in [0.4, 0.5) is 5.69 Å². The molecule has 3 nitrogen and oxygen atoms in total. The molecule has 1 amide bonds. The number of amides is 1. The fourth-order valence-corrected chi connectivity index (χ4v) is 1.61. The Morgan fingerprint density at radius 3 is 2.79 bits per heavy atom. The molecule has 1 aromatic carbocycles. The molecule has 1 heterocycles. The van der Waals surface area contributed by atoms with Crippen LogP contribution >= 0.6 is 11.6 Å². The van der Waals surface area contributed by atoms with E-state index in [4.69, 9.17) is 17.3 Å². The zero-order chi connectivity index (χ0) is 10.3. The largest absolute Gasteiger partial charge is 0.318 e. The topological polar surface area (TPSA) is 46.3 Å². The van der Waals surface area contributed by atoms with E-state index in [1.54, 1.807) is 11.0 Å². The van der Waals surface area contributed by atoms with Gasteiger partial charge in [-0.2, -0.15) is 0 Å². The van der Waals surface area contributed by atoms with Gasteiger partial charge in [0.25, 0.3) is 0 Å². The van der Waals surface area contributed by atoms with Gasteiger partial charge in [0.05, 0.1) is 6.54 Å². The third-order valence-electron chi connectivity index (χ3n) is 2.43. The lowest BCUT2D eigenvalue weighted by atomic mass is 10.1. The zero-order valence-electron chi connectivity index (χ0n) is 7.83. The maximum Gasteiger partial charge on any atom is 0.245 e. The van der Waals surface area contributed by atoms with Crippen LogP contribution < -0.4 is 10.6 Å². The van der Waals surface area contributed by atoms with Crippen molar-refractivity contribution in [1.29, 1.82) is 0 Å². The van der Waals surface area contributed by atoms with Gasteiger partial charge in [0.1, 0.15) is 6.04 Å². The fourth-order valence-electron chi connectivity index (χ4n) is 1.43. The Morgan fingerprint density at radius 2 is 2.29 bits per heavy atom. The number of β-lactam (4-membered cyclic amide) rings is 1. The molecule has 74 valence electrons. The van der Waals surface area contributed by atoms with Gasteiger partial charge in [-0.1, -0.05) is 17.7 Å². The van der Waals surface area contributed by atoms with Gasteiger partial charge in [0, 0.05) is 10.7 Å². The standard InChI is InChI=1S/C10H11ClN2O/c1-6-2-3-7(4-8(6)11)13-5-9(12)10(13)14/h2-4,9H,5,12H2,1H3. The van der Waals surface area contributed by atoms with Crippen LogP contribution in [0.25, 0.3) is 0 Å². The highest BCUT2D eigenvalue weighted by Gasteiger charge is 2.34. The number of hydrogen-bond acceptors (Lipinski definition) is 2. The van der Waals surface area contributed by atoms with Gasteiger partial charge in [-0.15, -0.1) is 0 Å². The molecule has 1 atom stereocenters. The number of benzene rings is 1. The summed E-state index contributed by atoms with van der Waals surface area (Å²) in [6, 6.07) is 5.23. The number of hydrogen-bond donors (Lipinski definition) is 1. The lowest BCUT2D eigenvalue weighted by molar-refractivity contribution is -0.123. The van der Waals surface area contributed by atoms with Crippen molar-refractivity contribution < 1.29 is 4.79 Å². The minimum Gasteiger partial charge on any atom is -0.318 e. The van der Waals surface area contributed by atoms with E-state index in [-0.39, 0.29) is 11.9 Å². The molecule has 4 heteroatoms. The Bertz CT molecular complexity index is 392. The highest BCUT2D eigenvalue weighted by atomic mass is 35.5. The number of nitrogens with zero attached hydrogens (tertiary/aromatic N) is 1. The van der Waals surface area contributed by atoms with Crippen molar-refractivity contribution >= 4 is 23.2 Å². The summed E-state index contributed by atoms with van der Waals surface area (Å²) in [5.74, 6) is -0.0371. The van der Waals surface area contributed by atoms with E-state index in [0.29, 0.717) is 11.6 Å². The maximum absolute atomic E-state index is 11.3. The second-order valence-corrected chi connectivity index (χ2v) is 3.90. The van der Waals surface area contributed by atoms with Gasteiger partial charge in [-0.25, -0.2) is 0 Å². The molecule has 0 radical (unpaired) electrons. The number of carbonyl (C=O) groups is 1. The molecule has 0 saturated carbocycles. The van der Waals surface area contributed by atoms with Crippen molar-refractivity contribution in [2.75, 3.05) is 11.4 Å². The van der Waals surface area contributed by atoms with Crippen LogP contribution in [0.2, 0.25) is 5.02 Å². The van der Waals surface area contributed by atoms with Crippen LogP contribution in [0.3, 0.4) is 0 Å². The Morgan fingerprint density at radius 1 is 1.57 bits per heavy atom. The van der Waals surface area contributed by atoms with Crippen LogP contribution in [0, 0.1) is 6.92 Å². The van der Waals surface area contributed by atoms with Crippen LogP contribution in [-0.4, -0.2) is 18.5 Å². The molecule has 1 unspecified atom stereocenters. The first-order chi connectivity index (χ1) is 6.59. The number of nitrogens with two attached hydrogens (primary N) is 1. The van der Waals surface area contributed by atoms with E-state index in [2.05, 4.69) is 0 Å². The number of carbonyl (C=O) groups excluding carboxylic acids is 1. The van der Waals surface area contributed by atoms with Crippen molar-refractivity contribution in [2.45, 2.75) is 13.0 Å². The summed E-state index contributed by atoms with van der Waals surface area (Å²) in [6.45, 7) is 2.51. The summed E-state index contributed by atoms with van der Waals surface area (Å²) in [4.78, 5) is 13.0. The molecule has 1 aromatic rings. The quantitative estimate of drug-likeness (QED) is 0.711. The van der Waals surface area contributed by atoms with E-state index in [1.165, 1.54) is 0 Å². The first-order valence-electron chi connectivity index (χ1n) is 4.42. The van der Waals surface area contributed by atoms with Gasteiger partial charge in [0.2, 0.25) is 5.91 Å². The Hall–Kier alpha value is -1.06. The number of halogens is 1. The summed E-state index contributed by atoms with van der Waals surface area (Å²) < 4.78 is 0. The zero-order valence-corrected chi connectivity index (χ0v) is 8.58. The Balaban J connectivity index is 2.26. The number of anilines is 1. The van der Waals surface area contributed by atoms with Gasteiger partial charge in [0.15, 0.2) is 0 Å². The van der Waals surface area contributed by atoms with E-state index in [0.717, 1.165) is 11.3 Å². The summed E-state index contributed by atoms with van der Waals surface area (Å²) >= 11 is 5.95. The highest BCUT2D eigenvalue weighted by Crippen LogP contribution is 2.26. The van der Waals surface area contributed by atoms with Gasteiger partial charge < -0.3 is 10.6 Å². The molecular weight excluding hydrogens is 200 g/mol. The third kappa shape index (κ3) is 1.38. The minimum atomic E-state index is -0.338. The van der Waals surface area contributed by atoms with Gasteiger partial charge in [-0.3, -0.25) is 4.79 Å². The molecule has 14 heavy (non-hydrogen) atoms. The second-order valence-electron chi connectivity index (χ2n) is 3.49. The molecule has 2 N–H and O–H groups in total. The first kappa shape index (κ1) is 9.49. The van der Waals surface area contributed by atoms with E-state index >= 15 is 0 Å². The highest BCUT2D eigenvalue weighted by molar-refractivity contribution is 6.31. The summed E-state index contributed by atoms with van der Waals surface area (Å²) in [6.07, 6.45) is 0. The van der Waals surface area contributed by atoms with Crippen molar-refractivity contribution in [2.24, 2.45) is 5.73 Å². The van der Waals surface area contributed by atoms with Crippen LogP contribution in [0.15, 0.2) is 18.2 Å². The molecule has 0 spiro atoms. The summed E-state index contributed by atoms with van der Waals surface area (Å²) in [7, 11) is 0. The molecular formula is C10H11ClN2O. The minimum absolute atomic E-state index is 0.0371. The van der Waals surface area contributed by atoms with Gasteiger partial charge in [-0.05, 0) is 24.6 Å². The third-order valence-corrected chi connectivity index (χ3v) is 2.84. The lowest BCUT2D eigenvalue weighted by Gasteiger charge is -2.36. The summed E-state index contributed by atoms with van der Waals surface area (Å²) in [5.41, 5.74) is 7.33. The molecule has 1 fully saturated rings. The average molecular weight is 211 g/mol.